The lowest BCUT2D eigenvalue weighted by molar-refractivity contribution is -0.151. The van der Waals surface area contributed by atoms with E-state index in [4.69, 9.17) is 0 Å². The maximum absolute atomic E-state index is 15.0. The molecule has 4 aromatic rings. The summed E-state index contributed by atoms with van der Waals surface area (Å²) >= 11 is 0. The molecule has 3 aliphatic rings. The number of alkyl halides is 3. The van der Waals surface area contributed by atoms with Crippen LogP contribution in [0.3, 0.4) is 0 Å². The third kappa shape index (κ3) is 5.64. The van der Waals surface area contributed by atoms with Gasteiger partial charge in [0.15, 0.2) is 17.5 Å². The number of nitrogens with one attached hydrogen (secondary N) is 3. The number of hydrogen-bond donors (Lipinski definition) is 3. The van der Waals surface area contributed by atoms with E-state index >= 15 is 0 Å². The fourth-order valence-electron chi connectivity index (χ4n) is 4.80. The number of benzene rings is 1. The zero-order chi connectivity index (χ0) is 29.6. The van der Waals surface area contributed by atoms with Gasteiger partial charge in [0.1, 0.15) is 23.7 Å². The summed E-state index contributed by atoms with van der Waals surface area (Å²) in [5.74, 6) is -0.254. The fourth-order valence-corrected chi connectivity index (χ4v) is 4.80. The fraction of sp³-hybridized carbons (Fsp3) is 0.310. The predicted octanol–water partition coefficient (Wildman–Crippen LogP) is 5.47. The minimum absolute atomic E-state index is 0.0458. The van der Waals surface area contributed by atoms with E-state index in [0.29, 0.717) is 29.7 Å². The molecule has 2 saturated carbocycles. The smallest absolute Gasteiger partial charge is 0.365 e. The molecule has 0 amide bonds. The first kappa shape index (κ1) is 27.0. The molecule has 0 unspecified atom stereocenters. The minimum Gasteiger partial charge on any atom is -0.365 e. The highest BCUT2D eigenvalue weighted by molar-refractivity contribution is 5.90. The third-order valence-electron chi connectivity index (χ3n) is 7.54. The van der Waals surface area contributed by atoms with Gasteiger partial charge in [-0.15, -0.1) is 0 Å². The van der Waals surface area contributed by atoms with Crippen LogP contribution in [0.25, 0.3) is 22.3 Å². The van der Waals surface area contributed by atoms with Crippen molar-refractivity contribution in [1.29, 1.82) is 0 Å². The van der Waals surface area contributed by atoms with Crippen molar-refractivity contribution < 1.29 is 17.6 Å². The summed E-state index contributed by atoms with van der Waals surface area (Å²) in [4.78, 5) is 21.8. The number of halogens is 4. The van der Waals surface area contributed by atoms with Gasteiger partial charge in [0.2, 0.25) is 5.95 Å². The van der Waals surface area contributed by atoms with Crippen molar-refractivity contribution in [3.63, 3.8) is 0 Å². The zero-order valence-corrected chi connectivity index (χ0v) is 22.7. The molecule has 4 heterocycles. The summed E-state index contributed by atoms with van der Waals surface area (Å²) in [5.41, 5.74) is 1.03. The Morgan fingerprint density at radius 3 is 2.65 bits per heavy atom. The van der Waals surface area contributed by atoms with E-state index in [9.17, 15) is 17.6 Å². The number of pyridine rings is 1. The molecule has 3 N–H and O–H groups in total. The monoisotopic (exact) mass is 590 g/mol. The van der Waals surface area contributed by atoms with Crippen LogP contribution in [-0.2, 0) is 6.54 Å². The van der Waals surface area contributed by atoms with Gasteiger partial charge in [-0.3, -0.25) is 0 Å². The first-order chi connectivity index (χ1) is 20.8. The lowest BCUT2D eigenvalue weighted by atomic mass is 10.1. The van der Waals surface area contributed by atoms with Gasteiger partial charge in [-0.1, -0.05) is 12.1 Å². The van der Waals surface area contributed by atoms with Gasteiger partial charge in [0, 0.05) is 25.2 Å². The van der Waals surface area contributed by atoms with E-state index < -0.39 is 17.5 Å². The quantitative estimate of drug-likeness (QED) is 0.220. The number of nitrogens with zero attached hydrogens (tertiary/aromatic N) is 7. The van der Waals surface area contributed by atoms with Crippen molar-refractivity contribution in [3.8, 4) is 5.69 Å². The Morgan fingerprint density at radius 1 is 1.05 bits per heavy atom. The minimum atomic E-state index is -4.48. The summed E-state index contributed by atoms with van der Waals surface area (Å²) in [7, 11) is 0. The molecule has 2 aliphatic carbocycles. The molecule has 3 aromatic heterocycles. The van der Waals surface area contributed by atoms with Crippen LogP contribution in [0, 0.1) is 0 Å². The van der Waals surface area contributed by atoms with Crippen molar-refractivity contribution in [2.45, 2.75) is 56.4 Å². The van der Waals surface area contributed by atoms with E-state index in [0.717, 1.165) is 24.1 Å². The van der Waals surface area contributed by atoms with E-state index in [1.165, 1.54) is 12.4 Å². The Morgan fingerprint density at radius 2 is 1.91 bits per heavy atom. The molecule has 0 saturated heterocycles. The highest BCUT2D eigenvalue weighted by atomic mass is 19.4. The van der Waals surface area contributed by atoms with Crippen LogP contribution in [0.5, 0.6) is 0 Å². The molecular weight excluding hydrogens is 564 g/mol. The van der Waals surface area contributed by atoms with Crippen LogP contribution in [0.1, 0.15) is 43.4 Å². The van der Waals surface area contributed by atoms with Crippen LogP contribution < -0.4 is 16.0 Å². The summed E-state index contributed by atoms with van der Waals surface area (Å²) < 4.78 is 58.5. The summed E-state index contributed by atoms with van der Waals surface area (Å²) in [5, 5.41) is 13.0. The highest BCUT2D eigenvalue weighted by Crippen LogP contribution is 2.51. The van der Waals surface area contributed by atoms with Crippen LogP contribution in [0.4, 0.5) is 29.3 Å². The Labute approximate surface area is 243 Å². The second-order valence-electron chi connectivity index (χ2n) is 10.8. The van der Waals surface area contributed by atoms with E-state index in [1.54, 1.807) is 29.4 Å². The van der Waals surface area contributed by atoms with E-state index in [1.807, 2.05) is 24.3 Å². The number of anilines is 2. The normalized spacial score (nSPS) is 17.9. The lowest BCUT2D eigenvalue weighted by Gasteiger charge is -2.22. The number of fused-ring (bicyclic) bond motifs is 1. The molecular formula is C29H26F4N10. The van der Waals surface area contributed by atoms with Crippen molar-refractivity contribution in [1.82, 2.24) is 35.0 Å². The van der Waals surface area contributed by atoms with Gasteiger partial charge < -0.3 is 16.0 Å². The van der Waals surface area contributed by atoms with Gasteiger partial charge in [-0.05, 0) is 67.2 Å². The summed E-state index contributed by atoms with van der Waals surface area (Å²) in [6.45, 7) is 0.304. The second-order valence-corrected chi connectivity index (χ2v) is 10.8. The molecule has 2 fully saturated rings. The Balaban J connectivity index is 1.21. The molecule has 0 radical (unpaired) electrons. The Kier molecular flexibility index (Phi) is 6.55. The Bertz CT molecular complexity index is 1770. The van der Waals surface area contributed by atoms with Gasteiger partial charge >= 0.3 is 6.18 Å². The number of allylic oxidation sites excluding steroid dienone is 3. The van der Waals surface area contributed by atoms with Crippen molar-refractivity contribution >= 4 is 34.6 Å². The van der Waals surface area contributed by atoms with Gasteiger partial charge in [-0.25, -0.2) is 29.0 Å². The number of aliphatic imine (C=N–C) groups is 1. The van der Waals surface area contributed by atoms with Gasteiger partial charge in [0.05, 0.1) is 16.9 Å². The van der Waals surface area contributed by atoms with Gasteiger partial charge in [-0.2, -0.15) is 23.3 Å². The first-order valence-corrected chi connectivity index (χ1v) is 13.9. The standard InChI is InChI=1S/C29H26F4N10/c30-21-13-18(8-11-35-25(21)38-19-4-5-19)22-6-7-23-24(39-22)26(42-28(9-10-28)29(31,32)33)41-27(40-23)36-14-17-2-1-3-20(12-17)43-16-34-15-37-43/h1-3,6-7,11-13,15-16,19,38H,4-5,8-10,14H2,(H2,36,40,41,42). The first-order valence-electron chi connectivity index (χ1n) is 13.9. The maximum Gasteiger partial charge on any atom is 0.411 e. The molecule has 14 heteroatoms. The maximum atomic E-state index is 15.0. The van der Waals surface area contributed by atoms with Crippen molar-refractivity contribution in [2.24, 2.45) is 4.99 Å². The Hall–Kier alpha value is -4.88. The largest absolute Gasteiger partial charge is 0.411 e. The summed E-state index contributed by atoms with van der Waals surface area (Å²) in [6.07, 6.45) is 3.58. The van der Waals surface area contributed by atoms with Crippen LogP contribution in [-0.4, -0.2) is 53.7 Å². The second kappa shape index (κ2) is 10.4. The molecule has 10 nitrogen and oxygen atoms in total. The predicted molar refractivity (Wildman–Crippen MR) is 153 cm³/mol. The molecule has 220 valence electrons. The number of aromatic nitrogens is 6. The molecule has 0 bridgehead atoms. The SMILES string of the molecule is FC1=C(NC2CC2)N=CCC(c2ccc3nc(NCc4cccc(-n5cncn5)c4)nc(NC4(C(F)(F)F)CC4)c3n2)=C1. The van der Waals surface area contributed by atoms with Crippen molar-refractivity contribution in [2.75, 3.05) is 10.6 Å². The van der Waals surface area contributed by atoms with Crippen LogP contribution in [0.2, 0.25) is 0 Å². The number of hydrogen-bond acceptors (Lipinski definition) is 9. The highest BCUT2D eigenvalue weighted by Gasteiger charge is 2.64. The molecule has 7 rings (SSSR count). The van der Waals surface area contributed by atoms with E-state index in [2.05, 4.69) is 46.0 Å². The molecule has 0 atom stereocenters. The van der Waals surface area contributed by atoms with Gasteiger partial charge in [0.25, 0.3) is 0 Å². The lowest BCUT2D eigenvalue weighted by Crippen LogP contribution is -2.39. The van der Waals surface area contributed by atoms with Crippen molar-refractivity contribution in [3.05, 3.63) is 78.0 Å². The number of rotatable bonds is 9. The van der Waals surface area contributed by atoms with Crippen LogP contribution >= 0.6 is 0 Å². The summed E-state index contributed by atoms with van der Waals surface area (Å²) in [6, 6.07) is 11.1. The molecule has 1 aliphatic heterocycles. The topological polar surface area (TPSA) is 118 Å². The zero-order valence-electron chi connectivity index (χ0n) is 22.7. The average molecular weight is 591 g/mol. The third-order valence-corrected chi connectivity index (χ3v) is 7.54. The molecule has 1 aromatic carbocycles. The average Bonchev–Trinajstić information content (AvgIpc) is 3.92. The van der Waals surface area contributed by atoms with Crippen LogP contribution in [0.15, 0.2) is 71.8 Å². The molecule has 43 heavy (non-hydrogen) atoms. The molecule has 0 spiro atoms. The van der Waals surface area contributed by atoms with E-state index in [-0.39, 0.29) is 42.0 Å².